The number of carbonyl (C=O) groups is 1. The number of halogens is 1. The lowest BCUT2D eigenvalue weighted by Crippen LogP contribution is -2.24. The summed E-state index contributed by atoms with van der Waals surface area (Å²) in [6.45, 7) is 0.383. The van der Waals surface area contributed by atoms with Crippen molar-refractivity contribution in [2.75, 3.05) is 11.9 Å². The van der Waals surface area contributed by atoms with E-state index in [0.717, 1.165) is 5.56 Å². The number of aliphatic hydroxyl groups excluding tert-OH is 1. The Bertz CT molecular complexity index is 1280. The number of nitrogens with two attached hydrogens (primary N) is 1. The summed E-state index contributed by atoms with van der Waals surface area (Å²) in [6.07, 6.45) is 6.79. The summed E-state index contributed by atoms with van der Waals surface area (Å²) in [4.78, 5) is 17.3. The van der Waals surface area contributed by atoms with Crippen LogP contribution in [0, 0.1) is 5.92 Å². The first-order valence-electron chi connectivity index (χ1n) is 10.7. The number of ketones is 1. The van der Waals surface area contributed by atoms with Crippen molar-refractivity contribution < 1.29 is 22.5 Å². The number of hydrogen-bond donors (Lipinski definition) is 3. The molecule has 0 aliphatic heterocycles. The highest BCUT2D eigenvalue weighted by molar-refractivity contribution is 7.84. The van der Waals surface area contributed by atoms with Crippen molar-refractivity contribution in [2.45, 2.75) is 31.5 Å². The molecule has 2 heterocycles. The predicted octanol–water partition coefficient (Wildman–Crippen LogP) is 2.59. The minimum atomic E-state index is -4.07. The van der Waals surface area contributed by atoms with Crippen LogP contribution in [0.3, 0.4) is 0 Å². The first kappa shape index (κ1) is 24.4. The van der Waals surface area contributed by atoms with E-state index in [-0.39, 0.29) is 18.4 Å². The van der Waals surface area contributed by atoms with Gasteiger partial charge in [0.1, 0.15) is 0 Å². The van der Waals surface area contributed by atoms with Gasteiger partial charge in [-0.15, -0.1) is 0 Å². The molecule has 0 bridgehead atoms. The van der Waals surface area contributed by atoms with E-state index in [1.807, 2.05) is 35.0 Å². The Hall–Kier alpha value is -2.76. The highest BCUT2D eigenvalue weighted by Crippen LogP contribution is 2.30. The SMILES string of the molecule is NS(=O)(=O)OC[C@H]1C[C@@H](Nc2ccncc2C(=O)c2ccn(Cc3cccc(Cl)c3)c2)C[C@@H]1O. The smallest absolute Gasteiger partial charge is 0.333 e. The summed E-state index contributed by atoms with van der Waals surface area (Å²) in [7, 11) is -4.07. The van der Waals surface area contributed by atoms with Gasteiger partial charge in [0.2, 0.25) is 0 Å². The second kappa shape index (κ2) is 10.2. The lowest BCUT2D eigenvalue weighted by atomic mass is 10.1. The number of rotatable bonds is 9. The van der Waals surface area contributed by atoms with Gasteiger partial charge in [-0.2, -0.15) is 8.42 Å². The molecule has 0 spiro atoms. The van der Waals surface area contributed by atoms with Crippen LogP contribution >= 0.6 is 11.6 Å². The van der Waals surface area contributed by atoms with E-state index in [1.165, 1.54) is 6.20 Å². The van der Waals surface area contributed by atoms with Crippen LogP contribution in [0.5, 0.6) is 0 Å². The molecule has 1 aliphatic carbocycles. The summed E-state index contributed by atoms with van der Waals surface area (Å²) in [5.74, 6) is -0.578. The van der Waals surface area contributed by atoms with Crippen LogP contribution in [-0.4, -0.2) is 47.6 Å². The molecular formula is C23H25ClN4O5S. The average Bonchev–Trinajstić information content (AvgIpc) is 3.38. The highest BCUT2D eigenvalue weighted by Gasteiger charge is 2.34. The molecule has 1 aromatic carbocycles. The summed E-state index contributed by atoms with van der Waals surface area (Å²) in [5.41, 5.74) is 2.53. The summed E-state index contributed by atoms with van der Waals surface area (Å²) < 4.78 is 28.6. The van der Waals surface area contributed by atoms with Gasteiger partial charge < -0.3 is 15.0 Å². The molecule has 9 nitrogen and oxygen atoms in total. The Morgan fingerprint density at radius 1 is 1.29 bits per heavy atom. The third-order valence-corrected chi connectivity index (χ3v) is 6.50. The zero-order valence-electron chi connectivity index (χ0n) is 18.2. The Kier molecular flexibility index (Phi) is 7.34. The van der Waals surface area contributed by atoms with Crippen molar-refractivity contribution >= 4 is 33.4 Å². The number of nitrogens with one attached hydrogen (secondary N) is 1. The zero-order valence-corrected chi connectivity index (χ0v) is 19.7. The van der Waals surface area contributed by atoms with Crippen molar-refractivity contribution in [1.82, 2.24) is 9.55 Å². The minimum Gasteiger partial charge on any atom is -0.393 e. The highest BCUT2D eigenvalue weighted by atomic mass is 35.5. The number of hydrogen-bond acceptors (Lipinski definition) is 7. The fourth-order valence-corrected chi connectivity index (χ4v) is 4.76. The second-order valence-corrected chi connectivity index (χ2v) is 10.0. The van der Waals surface area contributed by atoms with Gasteiger partial charge in [0.05, 0.1) is 18.3 Å². The van der Waals surface area contributed by atoms with Gasteiger partial charge >= 0.3 is 10.3 Å². The Balaban J connectivity index is 1.44. The molecule has 0 radical (unpaired) electrons. The quantitative estimate of drug-likeness (QED) is 0.381. The van der Waals surface area contributed by atoms with E-state index in [0.29, 0.717) is 41.2 Å². The first-order valence-corrected chi connectivity index (χ1v) is 12.5. The molecule has 0 unspecified atom stereocenters. The molecule has 3 atom stereocenters. The van der Waals surface area contributed by atoms with Gasteiger partial charge in [0, 0.05) is 59.6 Å². The van der Waals surface area contributed by atoms with Gasteiger partial charge in [0.15, 0.2) is 5.78 Å². The van der Waals surface area contributed by atoms with Gasteiger partial charge in [-0.25, -0.2) is 5.14 Å². The molecule has 11 heteroatoms. The molecule has 4 N–H and O–H groups in total. The van der Waals surface area contributed by atoms with Crippen LogP contribution < -0.4 is 10.5 Å². The fourth-order valence-electron chi connectivity index (χ4n) is 4.18. The Morgan fingerprint density at radius 2 is 2.12 bits per heavy atom. The maximum absolute atomic E-state index is 13.2. The van der Waals surface area contributed by atoms with Crippen LogP contribution in [0.1, 0.15) is 34.3 Å². The zero-order chi connectivity index (χ0) is 24.3. The van der Waals surface area contributed by atoms with Crippen molar-refractivity contribution in [1.29, 1.82) is 0 Å². The van der Waals surface area contributed by atoms with E-state index in [1.54, 1.807) is 24.5 Å². The van der Waals surface area contributed by atoms with E-state index in [9.17, 15) is 18.3 Å². The maximum atomic E-state index is 13.2. The minimum absolute atomic E-state index is 0.176. The number of pyridine rings is 1. The molecular weight excluding hydrogens is 480 g/mol. The van der Waals surface area contributed by atoms with Gasteiger partial charge in [0.25, 0.3) is 0 Å². The number of aliphatic hydroxyl groups is 1. The number of benzene rings is 1. The Morgan fingerprint density at radius 3 is 2.88 bits per heavy atom. The van der Waals surface area contributed by atoms with Gasteiger partial charge in [-0.3, -0.25) is 14.0 Å². The molecule has 34 heavy (non-hydrogen) atoms. The number of carbonyl (C=O) groups excluding carboxylic acids is 1. The number of aromatic nitrogens is 2. The second-order valence-electron chi connectivity index (χ2n) is 8.37. The van der Waals surface area contributed by atoms with Crippen molar-refractivity contribution in [3.63, 3.8) is 0 Å². The van der Waals surface area contributed by atoms with E-state index in [4.69, 9.17) is 16.7 Å². The van der Waals surface area contributed by atoms with Crippen molar-refractivity contribution in [2.24, 2.45) is 11.1 Å². The monoisotopic (exact) mass is 504 g/mol. The summed E-state index contributed by atoms with van der Waals surface area (Å²) in [6, 6.07) is 10.8. The number of nitrogens with zero attached hydrogens (tertiary/aromatic N) is 2. The van der Waals surface area contributed by atoms with Crippen molar-refractivity contribution in [3.8, 4) is 0 Å². The Labute approximate surface area is 202 Å². The van der Waals surface area contributed by atoms with Crippen LogP contribution in [0.25, 0.3) is 0 Å². The molecule has 1 aliphatic rings. The van der Waals surface area contributed by atoms with Crippen LogP contribution in [0.15, 0.2) is 61.2 Å². The molecule has 2 aromatic heterocycles. The molecule has 3 aromatic rings. The summed E-state index contributed by atoms with van der Waals surface area (Å²) >= 11 is 6.06. The van der Waals surface area contributed by atoms with E-state index >= 15 is 0 Å². The lowest BCUT2D eigenvalue weighted by molar-refractivity contribution is 0.101. The first-order chi connectivity index (χ1) is 16.2. The van der Waals surface area contributed by atoms with Crippen molar-refractivity contribution in [3.05, 3.63) is 82.9 Å². The van der Waals surface area contributed by atoms with Gasteiger partial charge in [-0.1, -0.05) is 23.7 Å². The van der Waals surface area contributed by atoms with Crippen LogP contribution in [0.4, 0.5) is 5.69 Å². The van der Waals surface area contributed by atoms with E-state index in [2.05, 4.69) is 14.5 Å². The fraction of sp³-hybridized carbons (Fsp3) is 0.304. The topological polar surface area (TPSA) is 137 Å². The largest absolute Gasteiger partial charge is 0.393 e. The molecule has 0 amide bonds. The number of anilines is 1. The third-order valence-electron chi connectivity index (χ3n) is 5.80. The average molecular weight is 505 g/mol. The van der Waals surface area contributed by atoms with Gasteiger partial charge in [-0.05, 0) is 42.7 Å². The molecule has 0 saturated heterocycles. The maximum Gasteiger partial charge on any atom is 0.333 e. The van der Waals surface area contributed by atoms with Crippen LogP contribution in [0.2, 0.25) is 5.02 Å². The predicted molar refractivity (Wildman–Crippen MR) is 128 cm³/mol. The lowest BCUT2D eigenvalue weighted by Gasteiger charge is -2.16. The molecule has 1 fully saturated rings. The molecule has 1 saturated carbocycles. The van der Waals surface area contributed by atoms with Crippen LogP contribution in [-0.2, 0) is 21.0 Å². The normalized spacial score (nSPS) is 20.4. The standard InChI is InChI=1S/C23H25ClN4O5S/c24-18-3-1-2-15(8-18)12-28-7-5-16(13-28)23(30)20-11-26-6-4-21(20)27-19-9-17(22(29)10-19)14-33-34(25,31)32/h1-8,11,13,17,19,22,29H,9-10,12,14H2,(H,26,27)(H2,25,31,32)/t17-,19-,22+/m1/s1. The third kappa shape index (κ3) is 6.22. The summed E-state index contributed by atoms with van der Waals surface area (Å²) in [5, 5.41) is 19.1. The molecule has 180 valence electrons. The van der Waals surface area contributed by atoms with E-state index < -0.39 is 22.3 Å². The molecule has 4 rings (SSSR count).